The van der Waals surface area contributed by atoms with Crippen molar-refractivity contribution in [3.8, 4) is 0 Å². The first-order chi connectivity index (χ1) is 8.55. The van der Waals surface area contributed by atoms with E-state index in [1.807, 2.05) is 0 Å². The summed E-state index contributed by atoms with van der Waals surface area (Å²) in [4.78, 5) is 0. The molecule has 0 saturated heterocycles. The number of nitrogens with two attached hydrogens (primary N) is 1. The van der Waals surface area contributed by atoms with Crippen LogP contribution in [-0.2, 0) is 16.3 Å². The standard InChI is InChI=1S/C14H21NO2S/c1-3-10-5-7-11(8-6-10)13-12(9-15)14(13)18(16,17)4-2/h5-8,12-14H,3-4,9,15H2,1-2H3/t12-,13-,14+/m1/s1. The van der Waals surface area contributed by atoms with Crippen LogP contribution in [0.25, 0.3) is 0 Å². The predicted octanol–water partition coefficient (Wildman–Crippen LogP) is 1.72. The second kappa shape index (κ2) is 5.02. The Morgan fingerprint density at radius 3 is 2.22 bits per heavy atom. The van der Waals surface area contributed by atoms with Crippen LogP contribution in [0.15, 0.2) is 24.3 Å². The van der Waals surface area contributed by atoms with Gasteiger partial charge < -0.3 is 5.73 Å². The van der Waals surface area contributed by atoms with E-state index < -0.39 is 9.84 Å². The van der Waals surface area contributed by atoms with Crippen LogP contribution >= 0.6 is 0 Å². The Morgan fingerprint density at radius 1 is 1.17 bits per heavy atom. The monoisotopic (exact) mass is 267 g/mol. The number of aryl methyl sites for hydroxylation is 1. The van der Waals surface area contributed by atoms with Crippen LogP contribution < -0.4 is 5.73 Å². The van der Waals surface area contributed by atoms with Crippen LogP contribution in [0.1, 0.15) is 30.9 Å². The summed E-state index contributed by atoms with van der Waals surface area (Å²) in [5.41, 5.74) is 8.09. The van der Waals surface area contributed by atoms with Gasteiger partial charge in [-0.25, -0.2) is 8.42 Å². The highest BCUT2D eigenvalue weighted by Crippen LogP contribution is 2.51. The molecule has 1 saturated carbocycles. The van der Waals surface area contributed by atoms with Crippen molar-refractivity contribution in [2.24, 2.45) is 11.7 Å². The van der Waals surface area contributed by atoms with Crippen molar-refractivity contribution in [1.82, 2.24) is 0 Å². The van der Waals surface area contributed by atoms with Crippen molar-refractivity contribution >= 4 is 9.84 Å². The minimum atomic E-state index is -2.98. The van der Waals surface area contributed by atoms with Crippen molar-refractivity contribution in [3.63, 3.8) is 0 Å². The van der Waals surface area contributed by atoms with Crippen molar-refractivity contribution in [1.29, 1.82) is 0 Å². The van der Waals surface area contributed by atoms with E-state index in [0.29, 0.717) is 6.54 Å². The highest BCUT2D eigenvalue weighted by molar-refractivity contribution is 7.92. The molecule has 0 spiro atoms. The topological polar surface area (TPSA) is 60.2 Å². The second-order valence-corrected chi connectivity index (χ2v) is 7.38. The lowest BCUT2D eigenvalue weighted by Crippen LogP contribution is -2.15. The number of rotatable bonds is 5. The third-order valence-corrected chi connectivity index (χ3v) is 6.24. The summed E-state index contributed by atoms with van der Waals surface area (Å²) in [5, 5.41) is -0.264. The molecule has 2 N–H and O–H groups in total. The van der Waals surface area contributed by atoms with Crippen LogP contribution in [0.4, 0.5) is 0 Å². The normalized spacial score (nSPS) is 27.2. The molecule has 100 valence electrons. The van der Waals surface area contributed by atoms with Crippen LogP contribution in [-0.4, -0.2) is 26.0 Å². The molecule has 3 atom stereocenters. The molecule has 1 aromatic carbocycles. The fourth-order valence-electron chi connectivity index (χ4n) is 2.72. The van der Waals surface area contributed by atoms with Gasteiger partial charge in [0.25, 0.3) is 0 Å². The number of sulfone groups is 1. The minimum absolute atomic E-state index is 0.0995. The smallest absolute Gasteiger partial charge is 0.153 e. The van der Waals surface area contributed by atoms with E-state index in [1.54, 1.807) is 6.92 Å². The maximum absolute atomic E-state index is 12.0. The van der Waals surface area contributed by atoms with E-state index in [4.69, 9.17) is 5.73 Å². The SMILES string of the molecule is CCc1ccc([C@@H]2[C@@H](CN)[C@@H]2S(=O)(=O)CC)cc1. The van der Waals surface area contributed by atoms with Gasteiger partial charge in [-0.1, -0.05) is 38.1 Å². The zero-order chi connectivity index (χ0) is 13.3. The largest absolute Gasteiger partial charge is 0.330 e. The molecule has 3 nitrogen and oxygen atoms in total. The summed E-state index contributed by atoms with van der Waals surface area (Å²) in [5.74, 6) is 0.408. The van der Waals surface area contributed by atoms with Gasteiger partial charge in [0.05, 0.1) is 5.25 Å². The minimum Gasteiger partial charge on any atom is -0.330 e. The van der Waals surface area contributed by atoms with Gasteiger partial charge in [-0.15, -0.1) is 0 Å². The Hall–Kier alpha value is -0.870. The lowest BCUT2D eigenvalue weighted by Gasteiger charge is -2.02. The van der Waals surface area contributed by atoms with E-state index in [0.717, 1.165) is 12.0 Å². The summed E-state index contributed by atoms with van der Waals surface area (Å²) in [6.07, 6.45) is 1.00. The summed E-state index contributed by atoms with van der Waals surface area (Å²) in [6, 6.07) is 8.27. The maximum Gasteiger partial charge on any atom is 0.153 e. The van der Waals surface area contributed by atoms with Crippen molar-refractivity contribution < 1.29 is 8.42 Å². The molecule has 2 rings (SSSR count). The number of benzene rings is 1. The number of hydrogen-bond acceptors (Lipinski definition) is 3. The third kappa shape index (κ3) is 2.31. The molecule has 1 aliphatic carbocycles. The molecular formula is C14H21NO2S. The van der Waals surface area contributed by atoms with Gasteiger partial charge in [-0.3, -0.25) is 0 Å². The molecule has 1 aliphatic rings. The first-order valence-corrected chi connectivity index (χ1v) is 8.27. The zero-order valence-electron chi connectivity index (χ0n) is 11.0. The van der Waals surface area contributed by atoms with Crippen molar-refractivity contribution in [3.05, 3.63) is 35.4 Å². The molecule has 0 bridgehead atoms. The zero-order valence-corrected chi connectivity index (χ0v) is 11.8. The molecule has 0 aliphatic heterocycles. The molecule has 4 heteroatoms. The van der Waals surface area contributed by atoms with Gasteiger partial charge in [0.2, 0.25) is 0 Å². The summed E-state index contributed by atoms with van der Waals surface area (Å²) in [7, 11) is -2.98. The average Bonchev–Trinajstić information content (AvgIpc) is 3.14. The predicted molar refractivity (Wildman–Crippen MR) is 74.4 cm³/mol. The Morgan fingerprint density at radius 2 is 1.78 bits per heavy atom. The van der Waals surface area contributed by atoms with E-state index in [9.17, 15) is 8.42 Å². The molecule has 18 heavy (non-hydrogen) atoms. The molecule has 0 radical (unpaired) electrons. The molecular weight excluding hydrogens is 246 g/mol. The van der Waals surface area contributed by atoms with E-state index >= 15 is 0 Å². The first kappa shape index (κ1) is 13.6. The number of hydrogen-bond donors (Lipinski definition) is 1. The van der Waals surface area contributed by atoms with E-state index in [-0.39, 0.29) is 22.8 Å². The molecule has 0 heterocycles. The third-order valence-electron chi connectivity index (χ3n) is 3.96. The van der Waals surface area contributed by atoms with Crippen LogP contribution in [0.5, 0.6) is 0 Å². The van der Waals surface area contributed by atoms with Crippen molar-refractivity contribution in [2.75, 3.05) is 12.3 Å². The van der Waals surface area contributed by atoms with Gasteiger partial charge in [0.15, 0.2) is 9.84 Å². The fourth-order valence-corrected chi connectivity index (χ4v) is 4.63. The fraction of sp³-hybridized carbons (Fsp3) is 0.571. The molecule has 1 aromatic rings. The highest BCUT2D eigenvalue weighted by Gasteiger charge is 2.56. The second-order valence-electron chi connectivity index (χ2n) is 4.94. The first-order valence-electron chi connectivity index (χ1n) is 6.55. The van der Waals surface area contributed by atoms with Crippen LogP contribution in [0, 0.1) is 5.92 Å². The van der Waals surface area contributed by atoms with Crippen LogP contribution in [0.2, 0.25) is 0 Å². The van der Waals surface area contributed by atoms with E-state index in [1.165, 1.54) is 5.56 Å². The Bertz CT molecular complexity index is 507. The summed E-state index contributed by atoms with van der Waals surface area (Å²) < 4.78 is 24.0. The summed E-state index contributed by atoms with van der Waals surface area (Å²) >= 11 is 0. The summed E-state index contributed by atoms with van der Waals surface area (Å²) in [6.45, 7) is 4.27. The Kier molecular flexibility index (Phi) is 3.78. The van der Waals surface area contributed by atoms with Crippen LogP contribution in [0.3, 0.4) is 0 Å². The van der Waals surface area contributed by atoms with Gasteiger partial charge in [-0.05, 0) is 30.0 Å². The van der Waals surface area contributed by atoms with Gasteiger partial charge in [-0.2, -0.15) is 0 Å². The Balaban J connectivity index is 2.23. The van der Waals surface area contributed by atoms with E-state index in [2.05, 4.69) is 31.2 Å². The lowest BCUT2D eigenvalue weighted by molar-refractivity contribution is 0.593. The van der Waals surface area contributed by atoms with Crippen molar-refractivity contribution in [2.45, 2.75) is 31.4 Å². The molecule has 0 aromatic heterocycles. The van der Waals surface area contributed by atoms with Gasteiger partial charge >= 0.3 is 0 Å². The Labute approximate surface area is 109 Å². The highest BCUT2D eigenvalue weighted by atomic mass is 32.2. The molecule has 1 fully saturated rings. The maximum atomic E-state index is 12.0. The molecule has 0 unspecified atom stereocenters. The molecule has 0 amide bonds. The lowest BCUT2D eigenvalue weighted by atomic mass is 10.1. The van der Waals surface area contributed by atoms with Gasteiger partial charge in [0, 0.05) is 11.7 Å². The average molecular weight is 267 g/mol. The quantitative estimate of drug-likeness (QED) is 0.883. The van der Waals surface area contributed by atoms with Gasteiger partial charge in [0.1, 0.15) is 0 Å².